The summed E-state index contributed by atoms with van der Waals surface area (Å²) in [5.41, 5.74) is 1.49. The molecule has 35 heavy (non-hydrogen) atoms. The molecule has 0 radical (unpaired) electrons. The second-order valence-electron chi connectivity index (χ2n) is 10.1. The number of rotatable bonds is 4. The van der Waals surface area contributed by atoms with Gasteiger partial charge >= 0.3 is 6.09 Å². The molecule has 9 nitrogen and oxygen atoms in total. The van der Waals surface area contributed by atoms with E-state index in [1.807, 2.05) is 37.8 Å². The van der Waals surface area contributed by atoms with Crippen LogP contribution in [0.5, 0.6) is 5.88 Å². The highest BCUT2D eigenvalue weighted by atomic mass is 19.1. The van der Waals surface area contributed by atoms with Gasteiger partial charge < -0.3 is 19.3 Å². The number of ether oxygens (including phenoxy) is 2. The molecule has 0 atom stereocenters. The Balaban J connectivity index is 1.39. The van der Waals surface area contributed by atoms with Gasteiger partial charge in [0.1, 0.15) is 11.7 Å². The van der Waals surface area contributed by atoms with Crippen molar-refractivity contribution in [2.45, 2.75) is 58.2 Å². The molecule has 0 bridgehead atoms. The molecule has 1 saturated carbocycles. The van der Waals surface area contributed by atoms with Gasteiger partial charge in [-0.15, -0.1) is 0 Å². The molecular formula is C25H31FN6O3. The van der Waals surface area contributed by atoms with E-state index in [9.17, 15) is 4.79 Å². The molecule has 186 valence electrons. The first-order valence-corrected chi connectivity index (χ1v) is 12.2. The summed E-state index contributed by atoms with van der Waals surface area (Å²) in [4.78, 5) is 25.0. The van der Waals surface area contributed by atoms with Crippen LogP contribution in [0, 0.1) is 5.82 Å². The minimum absolute atomic E-state index is 0.160. The van der Waals surface area contributed by atoms with Crippen molar-refractivity contribution in [2.75, 3.05) is 31.1 Å². The van der Waals surface area contributed by atoms with Crippen LogP contribution >= 0.6 is 0 Å². The highest BCUT2D eigenvalue weighted by molar-refractivity contribution is 5.80. The van der Waals surface area contributed by atoms with Crippen molar-refractivity contribution in [1.29, 1.82) is 0 Å². The van der Waals surface area contributed by atoms with Crippen LogP contribution in [-0.2, 0) is 4.74 Å². The largest absolute Gasteiger partial charge is 0.474 e. The standard InChI is InChI=1S/C25H31FN6O3/c1-25(2,3)35-24(33)31-13-11-30(12-14-31)22-20(26)16-32-21(29-22)19(15-28-32)18-9-6-10-27-23(18)34-17-7-4-5-8-17/h6,9-10,15-17H,4-5,7-8,11-14H2,1-3H3. The van der Waals surface area contributed by atoms with E-state index in [-0.39, 0.29) is 18.0 Å². The van der Waals surface area contributed by atoms with Gasteiger partial charge in [0, 0.05) is 37.9 Å². The Labute approximate surface area is 203 Å². The van der Waals surface area contributed by atoms with Gasteiger partial charge in [-0.2, -0.15) is 5.10 Å². The van der Waals surface area contributed by atoms with Crippen molar-refractivity contribution < 1.29 is 18.7 Å². The van der Waals surface area contributed by atoms with Crippen LogP contribution in [0.2, 0.25) is 0 Å². The number of nitrogens with zero attached hydrogens (tertiary/aromatic N) is 6. The number of hydrogen-bond donors (Lipinski definition) is 0. The summed E-state index contributed by atoms with van der Waals surface area (Å²) in [5, 5.41) is 4.33. The number of amides is 1. The van der Waals surface area contributed by atoms with Crippen LogP contribution < -0.4 is 9.64 Å². The van der Waals surface area contributed by atoms with E-state index in [1.165, 1.54) is 10.7 Å². The molecule has 4 heterocycles. The summed E-state index contributed by atoms with van der Waals surface area (Å²) < 4.78 is 28.1. The molecule has 3 aromatic heterocycles. The van der Waals surface area contributed by atoms with E-state index in [1.54, 1.807) is 17.3 Å². The van der Waals surface area contributed by atoms with Crippen LogP contribution in [0.3, 0.4) is 0 Å². The average Bonchev–Trinajstić information content (AvgIpc) is 3.48. The lowest BCUT2D eigenvalue weighted by atomic mass is 10.1. The number of pyridine rings is 1. The van der Waals surface area contributed by atoms with Crippen molar-refractivity contribution >= 4 is 17.6 Å². The highest BCUT2D eigenvalue weighted by Crippen LogP contribution is 2.34. The minimum atomic E-state index is -0.558. The number of piperazine rings is 1. The number of fused-ring (bicyclic) bond motifs is 1. The van der Waals surface area contributed by atoms with Crippen LogP contribution in [0.4, 0.5) is 15.0 Å². The number of carbonyl (C=O) groups is 1. The fraction of sp³-hybridized carbons (Fsp3) is 0.520. The van der Waals surface area contributed by atoms with Crippen LogP contribution in [0.15, 0.2) is 30.7 Å². The lowest BCUT2D eigenvalue weighted by molar-refractivity contribution is 0.0240. The lowest BCUT2D eigenvalue weighted by Gasteiger charge is -2.36. The van der Waals surface area contributed by atoms with Gasteiger partial charge in [0.15, 0.2) is 17.3 Å². The third-order valence-electron chi connectivity index (χ3n) is 6.30. The SMILES string of the molecule is CC(C)(C)OC(=O)N1CCN(c2nc3c(-c4cccnc4OC4CCCC4)cnn3cc2F)CC1. The second-order valence-corrected chi connectivity index (χ2v) is 10.1. The summed E-state index contributed by atoms with van der Waals surface area (Å²) in [5.74, 6) is 0.324. The van der Waals surface area contributed by atoms with Crippen molar-refractivity contribution in [3.63, 3.8) is 0 Å². The van der Waals surface area contributed by atoms with E-state index in [0.29, 0.717) is 37.7 Å². The molecule has 2 aliphatic rings. The van der Waals surface area contributed by atoms with Gasteiger partial charge in [0.25, 0.3) is 0 Å². The molecule has 3 aromatic rings. The molecule has 1 amide bonds. The molecule has 1 saturated heterocycles. The summed E-state index contributed by atoms with van der Waals surface area (Å²) in [6, 6.07) is 3.78. The van der Waals surface area contributed by atoms with Crippen LogP contribution in [0.25, 0.3) is 16.8 Å². The number of halogens is 1. The highest BCUT2D eigenvalue weighted by Gasteiger charge is 2.28. The molecule has 0 aromatic carbocycles. The van der Waals surface area contributed by atoms with Crippen molar-refractivity contribution in [2.24, 2.45) is 0 Å². The molecule has 2 fully saturated rings. The summed E-state index contributed by atoms with van der Waals surface area (Å²) in [6.07, 6.45) is 8.89. The first-order chi connectivity index (χ1) is 16.8. The fourth-order valence-corrected chi connectivity index (χ4v) is 4.57. The molecule has 10 heteroatoms. The number of anilines is 1. The number of hydrogen-bond acceptors (Lipinski definition) is 7. The third kappa shape index (κ3) is 5.01. The topological polar surface area (TPSA) is 85.1 Å². The summed E-state index contributed by atoms with van der Waals surface area (Å²) in [6.45, 7) is 7.27. The second kappa shape index (κ2) is 9.31. The van der Waals surface area contributed by atoms with E-state index < -0.39 is 11.4 Å². The summed E-state index contributed by atoms with van der Waals surface area (Å²) >= 11 is 0. The molecular weight excluding hydrogens is 451 g/mol. The van der Waals surface area contributed by atoms with E-state index >= 15 is 4.39 Å². The Morgan fingerprint density at radius 1 is 1.11 bits per heavy atom. The average molecular weight is 483 g/mol. The van der Waals surface area contributed by atoms with Gasteiger partial charge in [0.05, 0.1) is 18.0 Å². The summed E-state index contributed by atoms with van der Waals surface area (Å²) in [7, 11) is 0. The molecule has 1 aliphatic heterocycles. The monoisotopic (exact) mass is 482 g/mol. The maximum atomic E-state index is 15.0. The molecule has 0 unspecified atom stereocenters. The smallest absolute Gasteiger partial charge is 0.410 e. The minimum Gasteiger partial charge on any atom is -0.474 e. The predicted molar refractivity (Wildman–Crippen MR) is 129 cm³/mol. The molecule has 1 aliphatic carbocycles. The van der Waals surface area contributed by atoms with Gasteiger partial charge in [0.2, 0.25) is 5.88 Å². The van der Waals surface area contributed by atoms with E-state index in [4.69, 9.17) is 9.47 Å². The first kappa shape index (κ1) is 23.3. The first-order valence-electron chi connectivity index (χ1n) is 12.2. The van der Waals surface area contributed by atoms with Gasteiger partial charge in [-0.05, 0) is 58.6 Å². The van der Waals surface area contributed by atoms with Gasteiger partial charge in [-0.1, -0.05) is 0 Å². The fourth-order valence-electron chi connectivity index (χ4n) is 4.57. The maximum absolute atomic E-state index is 15.0. The Hall–Kier alpha value is -3.43. The lowest BCUT2D eigenvalue weighted by Crippen LogP contribution is -2.50. The van der Waals surface area contributed by atoms with Gasteiger partial charge in [-0.25, -0.2) is 23.7 Å². The Morgan fingerprint density at radius 2 is 1.86 bits per heavy atom. The number of carbonyl (C=O) groups excluding carboxylic acids is 1. The molecule has 5 rings (SSSR count). The van der Waals surface area contributed by atoms with E-state index in [2.05, 4.69) is 15.1 Å². The van der Waals surface area contributed by atoms with Crippen molar-refractivity contribution in [1.82, 2.24) is 24.5 Å². The zero-order chi connectivity index (χ0) is 24.6. The van der Waals surface area contributed by atoms with Crippen LogP contribution in [0.1, 0.15) is 46.5 Å². The van der Waals surface area contributed by atoms with Crippen LogP contribution in [-0.4, -0.2) is 68.5 Å². The normalized spacial score (nSPS) is 17.3. The quantitative estimate of drug-likeness (QED) is 0.548. The maximum Gasteiger partial charge on any atom is 0.410 e. The Morgan fingerprint density at radius 3 is 2.57 bits per heavy atom. The molecule has 0 N–H and O–H groups in total. The van der Waals surface area contributed by atoms with Crippen molar-refractivity contribution in [3.8, 4) is 17.0 Å². The number of aromatic nitrogens is 4. The Kier molecular flexibility index (Phi) is 6.21. The van der Waals surface area contributed by atoms with E-state index in [0.717, 1.165) is 36.8 Å². The molecule has 0 spiro atoms. The third-order valence-corrected chi connectivity index (χ3v) is 6.30. The Bertz CT molecular complexity index is 1210. The van der Waals surface area contributed by atoms with Gasteiger partial charge in [-0.3, -0.25) is 0 Å². The zero-order valence-electron chi connectivity index (χ0n) is 20.4. The van der Waals surface area contributed by atoms with Crippen molar-refractivity contribution in [3.05, 3.63) is 36.5 Å². The predicted octanol–water partition coefficient (Wildman–Crippen LogP) is 4.31. The zero-order valence-corrected chi connectivity index (χ0v) is 20.4.